The van der Waals surface area contributed by atoms with E-state index in [1.807, 2.05) is 60.4 Å². The number of hydrogen-bond donors (Lipinski definition) is 2. The Kier molecular flexibility index (Phi) is 6.08. The van der Waals surface area contributed by atoms with Gasteiger partial charge in [0.05, 0.1) is 6.54 Å². The highest BCUT2D eigenvalue weighted by Gasteiger charge is 2.24. The molecule has 2 aromatic rings. The number of nitrogens with zero attached hydrogens (tertiary/aromatic N) is 1. The predicted molar refractivity (Wildman–Crippen MR) is 105 cm³/mol. The molecule has 6 heteroatoms. The molecule has 1 saturated heterocycles. The molecule has 0 aromatic heterocycles. The molecule has 3 rings (SSSR count). The SMILES string of the molecule is Cc1ccc(Oc2ccc(NC(=O)CN3CCC(C(N)=O)CC3)cc2)cc1. The van der Waals surface area contributed by atoms with Gasteiger partial charge in [0.15, 0.2) is 0 Å². The minimum atomic E-state index is -0.243. The summed E-state index contributed by atoms with van der Waals surface area (Å²) in [5, 5.41) is 2.89. The molecule has 0 radical (unpaired) electrons. The number of amides is 2. The van der Waals surface area contributed by atoms with Crippen molar-refractivity contribution in [3.05, 3.63) is 54.1 Å². The van der Waals surface area contributed by atoms with Crippen molar-refractivity contribution in [3.63, 3.8) is 0 Å². The van der Waals surface area contributed by atoms with Crippen LogP contribution >= 0.6 is 0 Å². The van der Waals surface area contributed by atoms with Crippen LogP contribution in [0.1, 0.15) is 18.4 Å². The molecule has 1 aliphatic heterocycles. The van der Waals surface area contributed by atoms with Gasteiger partial charge in [0.2, 0.25) is 11.8 Å². The minimum Gasteiger partial charge on any atom is -0.457 e. The summed E-state index contributed by atoms with van der Waals surface area (Å²) in [4.78, 5) is 25.5. The maximum absolute atomic E-state index is 12.2. The van der Waals surface area contributed by atoms with E-state index < -0.39 is 0 Å². The second-order valence-electron chi connectivity index (χ2n) is 6.94. The maximum atomic E-state index is 12.2. The van der Waals surface area contributed by atoms with Gasteiger partial charge in [-0.25, -0.2) is 0 Å². The molecular formula is C21H25N3O3. The summed E-state index contributed by atoms with van der Waals surface area (Å²) in [5.74, 6) is 1.11. The lowest BCUT2D eigenvalue weighted by Crippen LogP contribution is -2.42. The van der Waals surface area contributed by atoms with Crippen molar-refractivity contribution in [2.24, 2.45) is 11.7 Å². The molecule has 6 nitrogen and oxygen atoms in total. The number of anilines is 1. The first-order chi connectivity index (χ1) is 13.0. The zero-order valence-corrected chi connectivity index (χ0v) is 15.5. The molecule has 142 valence electrons. The standard InChI is InChI=1S/C21H25N3O3/c1-15-2-6-18(7-3-15)27-19-8-4-17(5-9-19)23-20(25)14-24-12-10-16(11-13-24)21(22)26/h2-9,16H,10-14H2,1H3,(H2,22,26)(H,23,25). The van der Waals surface area contributed by atoms with Crippen LogP contribution in [0.4, 0.5) is 5.69 Å². The van der Waals surface area contributed by atoms with Crippen LogP contribution in [0.25, 0.3) is 0 Å². The van der Waals surface area contributed by atoms with Crippen LogP contribution in [0.3, 0.4) is 0 Å². The predicted octanol–water partition coefficient (Wildman–Crippen LogP) is 2.92. The molecule has 1 heterocycles. The zero-order chi connectivity index (χ0) is 19.2. The van der Waals surface area contributed by atoms with E-state index in [0.29, 0.717) is 38.2 Å². The van der Waals surface area contributed by atoms with E-state index in [0.717, 1.165) is 11.4 Å². The summed E-state index contributed by atoms with van der Waals surface area (Å²) < 4.78 is 5.79. The van der Waals surface area contributed by atoms with Crippen molar-refractivity contribution in [3.8, 4) is 11.5 Å². The van der Waals surface area contributed by atoms with E-state index in [1.54, 1.807) is 0 Å². The van der Waals surface area contributed by atoms with Gasteiger partial charge in [0.1, 0.15) is 11.5 Å². The Hall–Kier alpha value is -2.86. The molecule has 0 atom stereocenters. The van der Waals surface area contributed by atoms with Crippen LogP contribution in [-0.4, -0.2) is 36.3 Å². The van der Waals surface area contributed by atoms with Crippen molar-refractivity contribution in [1.82, 2.24) is 4.90 Å². The molecule has 0 unspecified atom stereocenters. The average Bonchev–Trinajstić information content (AvgIpc) is 2.65. The third-order valence-corrected chi connectivity index (χ3v) is 4.75. The van der Waals surface area contributed by atoms with Gasteiger partial charge in [0, 0.05) is 11.6 Å². The number of aryl methyl sites for hydroxylation is 1. The lowest BCUT2D eigenvalue weighted by molar-refractivity contribution is -0.123. The van der Waals surface area contributed by atoms with Gasteiger partial charge in [-0.3, -0.25) is 14.5 Å². The Bertz CT molecular complexity index is 779. The van der Waals surface area contributed by atoms with Gasteiger partial charge in [-0.05, 0) is 69.3 Å². The highest BCUT2D eigenvalue weighted by atomic mass is 16.5. The number of piperidine rings is 1. The second-order valence-corrected chi connectivity index (χ2v) is 6.94. The molecule has 3 N–H and O–H groups in total. The molecule has 0 spiro atoms. The number of benzene rings is 2. The fourth-order valence-electron chi connectivity index (χ4n) is 3.13. The summed E-state index contributed by atoms with van der Waals surface area (Å²) in [7, 11) is 0. The fraction of sp³-hybridized carbons (Fsp3) is 0.333. The van der Waals surface area contributed by atoms with E-state index in [2.05, 4.69) is 5.32 Å². The Balaban J connectivity index is 1.47. The first-order valence-corrected chi connectivity index (χ1v) is 9.16. The minimum absolute atomic E-state index is 0.0645. The normalized spacial score (nSPS) is 15.3. The number of carbonyl (C=O) groups is 2. The summed E-state index contributed by atoms with van der Waals surface area (Å²) >= 11 is 0. The molecule has 0 saturated carbocycles. The summed E-state index contributed by atoms with van der Waals surface area (Å²) in [6.07, 6.45) is 1.43. The molecule has 27 heavy (non-hydrogen) atoms. The van der Waals surface area contributed by atoms with Crippen LogP contribution in [0.5, 0.6) is 11.5 Å². The molecule has 2 amide bonds. The van der Waals surface area contributed by atoms with Gasteiger partial charge in [-0.15, -0.1) is 0 Å². The number of ether oxygens (including phenoxy) is 1. The van der Waals surface area contributed by atoms with Crippen LogP contribution < -0.4 is 15.8 Å². The topological polar surface area (TPSA) is 84.7 Å². The van der Waals surface area contributed by atoms with Gasteiger partial charge < -0.3 is 15.8 Å². The van der Waals surface area contributed by atoms with Gasteiger partial charge >= 0.3 is 0 Å². The highest BCUT2D eigenvalue weighted by Crippen LogP contribution is 2.23. The average molecular weight is 367 g/mol. The highest BCUT2D eigenvalue weighted by molar-refractivity contribution is 5.92. The van der Waals surface area contributed by atoms with Gasteiger partial charge in [0.25, 0.3) is 0 Å². The Morgan fingerprint density at radius 1 is 1.04 bits per heavy atom. The number of nitrogens with two attached hydrogens (primary N) is 1. The third kappa shape index (κ3) is 5.56. The van der Waals surface area contributed by atoms with E-state index in [4.69, 9.17) is 10.5 Å². The number of rotatable bonds is 6. The Morgan fingerprint density at radius 3 is 2.15 bits per heavy atom. The molecule has 1 aliphatic rings. The van der Waals surface area contributed by atoms with Crippen molar-refractivity contribution >= 4 is 17.5 Å². The molecule has 0 bridgehead atoms. The smallest absolute Gasteiger partial charge is 0.238 e. The van der Waals surface area contributed by atoms with E-state index >= 15 is 0 Å². The van der Waals surface area contributed by atoms with E-state index in [1.165, 1.54) is 5.56 Å². The number of hydrogen-bond acceptors (Lipinski definition) is 4. The summed E-state index contributed by atoms with van der Waals surface area (Å²) in [6, 6.07) is 15.1. The Labute approximate surface area is 159 Å². The first-order valence-electron chi connectivity index (χ1n) is 9.16. The van der Waals surface area contributed by atoms with E-state index in [9.17, 15) is 9.59 Å². The summed E-state index contributed by atoms with van der Waals surface area (Å²) in [5.41, 5.74) is 7.24. The second kappa shape index (κ2) is 8.68. The summed E-state index contributed by atoms with van der Waals surface area (Å²) in [6.45, 7) is 3.77. The molecule has 2 aromatic carbocycles. The molecular weight excluding hydrogens is 342 g/mol. The number of primary amides is 1. The van der Waals surface area contributed by atoms with E-state index in [-0.39, 0.29) is 17.7 Å². The number of nitrogens with one attached hydrogen (secondary N) is 1. The van der Waals surface area contributed by atoms with Crippen molar-refractivity contribution in [2.75, 3.05) is 25.0 Å². The van der Waals surface area contributed by atoms with Gasteiger partial charge in [-0.1, -0.05) is 17.7 Å². The number of likely N-dealkylation sites (tertiary alicyclic amines) is 1. The molecule has 0 aliphatic carbocycles. The first kappa shape index (κ1) is 18.9. The van der Waals surface area contributed by atoms with Crippen LogP contribution in [0, 0.1) is 12.8 Å². The van der Waals surface area contributed by atoms with Crippen molar-refractivity contribution < 1.29 is 14.3 Å². The van der Waals surface area contributed by atoms with Crippen molar-refractivity contribution in [2.45, 2.75) is 19.8 Å². The number of carbonyl (C=O) groups excluding carboxylic acids is 2. The molecule has 1 fully saturated rings. The van der Waals surface area contributed by atoms with Gasteiger partial charge in [-0.2, -0.15) is 0 Å². The fourth-order valence-corrected chi connectivity index (χ4v) is 3.13. The van der Waals surface area contributed by atoms with Crippen LogP contribution in [0.2, 0.25) is 0 Å². The lowest BCUT2D eigenvalue weighted by Gasteiger charge is -2.29. The largest absolute Gasteiger partial charge is 0.457 e. The maximum Gasteiger partial charge on any atom is 0.238 e. The van der Waals surface area contributed by atoms with Crippen molar-refractivity contribution in [1.29, 1.82) is 0 Å². The Morgan fingerprint density at radius 2 is 1.59 bits per heavy atom. The monoisotopic (exact) mass is 367 g/mol. The quantitative estimate of drug-likeness (QED) is 0.822. The third-order valence-electron chi connectivity index (χ3n) is 4.75. The van der Waals surface area contributed by atoms with Crippen LogP contribution in [-0.2, 0) is 9.59 Å². The van der Waals surface area contributed by atoms with Crippen LogP contribution in [0.15, 0.2) is 48.5 Å². The lowest BCUT2D eigenvalue weighted by atomic mass is 9.96. The zero-order valence-electron chi connectivity index (χ0n) is 15.5.